The van der Waals surface area contributed by atoms with Crippen molar-refractivity contribution in [3.05, 3.63) is 17.7 Å². The molecule has 1 aromatic rings. The minimum atomic E-state index is 1.01. The Hall–Kier alpha value is -0.830. The highest BCUT2D eigenvalue weighted by Crippen LogP contribution is 1.99. The molecule has 0 amide bonds. The lowest BCUT2D eigenvalue weighted by molar-refractivity contribution is 0.399. The molecule has 0 aliphatic heterocycles. The van der Waals surface area contributed by atoms with Crippen LogP contribution in [0.3, 0.4) is 0 Å². The van der Waals surface area contributed by atoms with Crippen LogP contribution in [0, 0.1) is 6.92 Å². The lowest BCUT2D eigenvalue weighted by Gasteiger charge is -2.07. The second-order valence-electron chi connectivity index (χ2n) is 3.40. The number of imidazole rings is 1. The van der Waals surface area contributed by atoms with E-state index in [4.69, 9.17) is 0 Å². The molecule has 0 fully saturated rings. The highest BCUT2D eigenvalue weighted by atomic mass is 15.0. The van der Waals surface area contributed by atoms with Gasteiger partial charge in [-0.2, -0.15) is 0 Å². The number of nitrogens with zero attached hydrogens (tertiary/aromatic N) is 2. The molecule has 1 rings (SSSR count). The Morgan fingerprint density at radius 3 is 2.75 bits per heavy atom. The van der Waals surface area contributed by atoms with Gasteiger partial charge in [0.05, 0.1) is 0 Å². The number of H-pyrrole nitrogens is 1. The minimum absolute atomic E-state index is 1.01. The van der Waals surface area contributed by atoms with Crippen molar-refractivity contribution in [3.8, 4) is 0 Å². The maximum Gasteiger partial charge on any atom is 0.103 e. The van der Waals surface area contributed by atoms with Gasteiger partial charge in [0, 0.05) is 11.9 Å². The summed E-state index contributed by atoms with van der Waals surface area (Å²) in [7, 11) is 4.19. The van der Waals surface area contributed by atoms with Crippen molar-refractivity contribution in [2.24, 2.45) is 0 Å². The van der Waals surface area contributed by atoms with Gasteiger partial charge in [0.2, 0.25) is 0 Å². The molecular formula is C9H17N3. The Bertz CT molecular complexity index is 227. The van der Waals surface area contributed by atoms with Crippen molar-refractivity contribution >= 4 is 0 Å². The molecule has 3 nitrogen and oxygen atoms in total. The maximum atomic E-state index is 4.15. The molecular weight excluding hydrogens is 150 g/mol. The Balaban J connectivity index is 2.24. The van der Waals surface area contributed by atoms with Gasteiger partial charge in [0.1, 0.15) is 5.82 Å². The summed E-state index contributed by atoms with van der Waals surface area (Å²) in [5.74, 6) is 1.01. The molecule has 12 heavy (non-hydrogen) atoms. The highest BCUT2D eigenvalue weighted by Gasteiger charge is 1.96. The monoisotopic (exact) mass is 167 g/mol. The summed E-state index contributed by atoms with van der Waals surface area (Å²) < 4.78 is 0. The molecule has 1 heterocycles. The average molecular weight is 167 g/mol. The number of hydrogen-bond donors (Lipinski definition) is 1. The molecule has 1 aromatic heterocycles. The van der Waals surface area contributed by atoms with Gasteiger partial charge in [-0.1, -0.05) is 0 Å². The van der Waals surface area contributed by atoms with Crippen LogP contribution in [-0.4, -0.2) is 35.5 Å². The largest absolute Gasteiger partial charge is 0.346 e. The summed E-state index contributed by atoms with van der Waals surface area (Å²) >= 11 is 0. The predicted octanol–water partition coefficient (Wildman–Crippen LogP) is 1.21. The summed E-state index contributed by atoms with van der Waals surface area (Å²) in [5.41, 5.74) is 1.24. The van der Waals surface area contributed by atoms with Crippen LogP contribution in [0.4, 0.5) is 0 Å². The van der Waals surface area contributed by atoms with Crippen LogP contribution in [0.2, 0.25) is 0 Å². The van der Waals surface area contributed by atoms with Crippen LogP contribution in [0.1, 0.15) is 17.9 Å². The van der Waals surface area contributed by atoms with Crippen molar-refractivity contribution in [2.45, 2.75) is 19.8 Å². The molecule has 0 aliphatic carbocycles. The van der Waals surface area contributed by atoms with E-state index in [1.54, 1.807) is 0 Å². The first-order chi connectivity index (χ1) is 5.68. The zero-order valence-electron chi connectivity index (χ0n) is 8.09. The van der Waals surface area contributed by atoms with Crippen LogP contribution in [0.15, 0.2) is 6.20 Å². The van der Waals surface area contributed by atoms with Gasteiger partial charge in [-0.25, -0.2) is 4.98 Å². The molecule has 3 heteroatoms. The Labute approximate surface area is 73.8 Å². The fraction of sp³-hybridized carbons (Fsp3) is 0.667. The minimum Gasteiger partial charge on any atom is -0.346 e. The fourth-order valence-corrected chi connectivity index (χ4v) is 1.18. The first-order valence-corrected chi connectivity index (χ1v) is 4.33. The van der Waals surface area contributed by atoms with Crippen LogP contribution in [-0.2, 0) is 6.42 Å². The average Bonchev–Trinajstić information content (AvgIpc) is 2.35. The number of nitrogens with one attached hydrogen (secondary N) is 1. The smallest absolute Gasteiger partial charge is 0.103 e. The van der Waals surface area contributed by atoms with E-state index in [9.17, 15) is 0 Å². The van der Waals surface area contributed by atoms with E-state index in [0.717, 1.165) is 18.8 Å². The molecule has 0 saturated carbocycles. The zero-order chi connectivity index (χ0) is 8.97. The van der Waals surface area contributed by atoms with Gasteiger partial charge < -0.3 is 9.88 Å². The second kappa shape index (κ2) is 4.26. The first-order valence-electron chi connectivity index (χ1n) is 4.33. The van der Waals surface area contributed by atoms with Crippen LogP contribution in [0.25, 0.3) is 0 Å². The van der Waals surface area contributed by atoms with Crippen LogP contribution in [0.5, 0.6) is 0 Å². The lowest BCUT2D eigenvalue weighted by Crippen LogP contribution is -2.13. The second-order valence-corrected chi connectivity index (χ2v) is 3.40. The van der Waals surface area contributed by atoms with Crippen molar-refractivity contribution in [1.29, 1.82) is 0 Å². The molecule has 0 aromatic carbocycles. The molecule has 0 unspecified atom stereocenters. The number of rotatable bonds is 4. The highest BCUT2D eigenvalue weighted by molar-refractivity contribution is 4.99. The van der Waals surface area contributed by atoms with Gasteiger partial charge in [0.25, 0.3) is 0 Å². The molecule has 0 radical (unpaired) electrons. The Morgan fingerprint density at radius 1 is 1.50 bits per heavy atom. The first kappa shape index (κ1) is 9.26. The van der Waals surface area contributed by atoms with Crippen LogP contribution < -0.4 is 0 Å². The summed E-state index contributed by atoms with van der Waals surface area (Å²) in [4.78, 5) is 9.56. The van der Waals surface area contributed by atoms with Crippen molar-refractivity contribution in [3.63, 3.8) is 0 Å². The summed E-state index contributed by atoms with van der Waals surface area (Å²) in [6, 6.07) is 0. The van der Waals surface area contributed by atoms with Crippen molar-refractivity contribution in [1.82, 2.24) is 14.9 Å². The summed E-state index contributed by atoms with van der Waals surface area (Å²) in [6.45, 7) is 3.12. The third-order valence-electron chi connectivity index (χ3n) is 1.81. The van der Waals surface area contributed by atoms with E-state index in [1.807, 2.05) is 13.1 Å². The summed E-state index contributed by atoms with van der Waals surface area (Å²) in [5, 5.41) is 0. The fourth-order valence-electron chi connectivity index (χ4n) is 1.18. The number of aromatic amines is 1. The maximum absolute atomic E-state index is 4.15. The summed E-state index contributed by atoms with van der Waals surface area (Å²) in [6.07, 6.45) is 4.21. The number of hydrogen-bond acceptors (Lipinski definition) is 2. The third kappa shape index (κ3) is 3.05. The van der Waals surface area contributed by atoms with Gasteiger partial charge in [-0.15, -0.1) is 0 Å². The van der Waals surface area contributed by atoms with E-state index in [1.165, 1.54) is 12.1 Å². The van der Waals surface area contributed by atoms with Crippen LogP contribution >= 0.6 is 0 Å². The lowest BCUT2D eigenvalue weighted by atomic mass is 10.2. The third-order valence-corrected chi connectivity index (χ3v) is 1.81. The standard InChI is InChI=1S/C9H17N3/c1-8-10-7-9(11-8)5-4-6-12(2)3/h7H,4-6H2,1-3H3,(H,10,11). The molecule has 0 aliphatic rings. The predicted molar refractivity (Wildman–Crippen MR) is 50.2 cm³/mol. The van der Waals surface area contributed by atoms with E-state index >= 15 is 0 Å². The molecule has 0 atom stereocenters. The topological polar surface area (TPSA) is 31.9 Å². The molecule has 0 saturated heterocycles. The van der Waals surface area contributed by atoms with E-state index in [2.05, 4.69) is 29.0 Å². The van der Waals surface area contributed by atoms with E-state index in [0.29, 0.717) is 0 Å². The number of aromatic nitrogens is 2. The molecule has 68 valence electrons. The Morgan fingerprint density at radius 2 is 2.25 bits per heavy atom. The SMILES string of the molecule is Cc1ncc(CCCN(C)C)[nH]1. The van der Waals surface area contributed by atoms with Gasteiger partial charge in [-0.3, -0.25) is 0 Å². The molecule has 0 spiro atoms. The van der Waals surface area contributed by atoms with E-state index in [-0.39, 0.29) is 0 Å². The van der Waals surface area contributed by atoms with Gasteiger partial charge in [0.15, 0.2) is 0 Å². The Kier molecular flexibility index (Phi) is 3.29. The van der Waals surface area contributed by atoms with Crippen molar-refractivity contribution in [2.75, 3.05) is 20.6 Å². The van der Waals surface area contributed by atoms with Gasteiger partial charge in [-0.05, 0) is 40.4 Å². The zero-order valence-corrected chi connectivity index (χ0v) is 8.09. The van der Waals surface area contributed by atoms with Gasteiger partial charge >= 0.3 is 0 Å². The normalized spacial score (nSPS) is 11.0. The number of aryl methyl sites for hydroxylation is 2. The molecule has 1 N–H and O–H groups in total. The quantitative estimate of drug-likeness (QED) is 0.731. The molecule has 0 bridgehead atoms. The van der Waals surface area contributed by atoms with E-state index < -0.39 is 0 Å². The van der Waals surface area contributed by atoms with Crippen molar-refractivity contribution < 1.29 is 0 Å².